The summed E-state index contributed by atoms with van der Waals surface area (Å²) in [7, 11) is -3.63. The number of sulfone groups is 1. The number of hydrogen-bond acceptors (Lipinski definition) is 5. The third-order valence-electron chi connectivity index (χ3n) is 2.26. The molecule has 7 heteroatoms. The van der Waals surface area contributed by atoms with Gasteiger partial charge in [0.2, 0.25) is 0 Å². The second kappa shape index (κ2) is 4.69. The summed E-state index contributed by atoms with van der Waals surface area (Å²) in [5, 5.41) is 0. The van der Waals surface area contributed by atoms with Gasteiger partial charge >= 0.3 is 0 Å². The first-order valence-electron chi connectivity index (χ1n) is 5.01. The molecule has 0 bridgehead atoms. The SMILES string of the molecule is Nc1cnccc1S(=O)(=O)Cc1cncc(F)c1. The average Bonchev–Trinajstić information content (AvgIpc) is 2.28. The zero-order valence-corrected chi connectivity index (χ0v) is 10.1. The summed E-state index contributed by atoms with van der Waals surface area (Å²) in [6.45, 7) is 0. The molecule has 2 N–H and O–H groups in total. The summed E-state index contributed by atoms with van der Waals surface area (Å²) >= 11 is 0. The fraction of sp³-hybridized carbons (Fsp3) is 0.0909. The van der Waals surface area contributed by atoms with Crippen molar-refractivity contribution in [3.63, 3.8) is 0 Å². The van der Waals surface area contributed by atoms with Gasteiger partial charge in [-0.3, -0.25) is 9.97 Å². The minimum atomic E-state index is -3.63. The summed E-state index contributed by atoms with van der Waals surface area (Å²) in [4.78, 5) is 7.31. The quantitative estimate of drug-likeness (QED) is 0.902. The molecule has 0 aliphatic carbocycles. The van der Waals surface area contributed by atoms with Crippen molar-refractivity contribution >= 4 is 15.5 Å². The van der Waals surface area contributed by atoms with Gasteiger partial charge in [0.05, 0.1) is 28.7 Å². The van der Waals surface area contributed by atoms with E-state index in [2.05, 4.69) is 9.97 Å². The smallest absolute Gasteiger partial charge is 0.184 e. The maximum absolute atomic E-state index is 12.9. The molecule has 0 aliphatic rings. The molecule has 94 valence electrons. The van der Waals surface area contributed by atoms with Crippen molar-refractivity contribution in [3.8, 4) is 0 Å². The van der Waals surface area contributed by atoms with Crippen LogP contribution >= 0.6 is 0 Å². The second-order valence-electron chi connectivity index (χ2n) is 3.68. The predicted octanol–water partition coefficient (Wildman–Crippen LogP) is 1.17. The van der Waals surface area contributed by atoms with Crippen molar-refractivity contribution in [2.45, 2.75) is 10.6 Å². The molecular formula is C11H10FN3O2S. The first-order chi connectivity index (χ1) is 8.49. The Labute approximate surface area is 103 Å². The molecule has 0 aromatic carbocycles. The minimum Gasteiger partial charge on any atom is -0.396 e. The van der Waals surface area contributed by atoms with Crippen LogP contribution in [-0.2, 0) is 15.6 Å². The van der Waals surface area contributed by atoms with Crippen LogP contribution in [0.25, 0.3) is 0 Å². The Balaban J connectivity index is 2.37. The second-order valence-corrected chi connectivity index (χ2v) is 5.64. The van der Waals surface area contributed by atoms with Crippen molar-refractivity contribution in [3.05, 3.63) is 48.3 Å². The van der Waals surface area contributed by atoms with Gasteiger partial charge in [-0.15, -0.1) is 0 Å². The number of nitrogen functional groups attached to an aromatic ring is 1. The van der Waals surface area contributed by atoms with Gasteiger partial charge in [-0.05, 0) is 17.7 Å². The van der Waals surface area contributed by atoms with Gasteiger partial charge in [0.1, 0.15) is 5.82 Å². The third kappa shape index (κ3) is 2.62. The number of halogens is 1. The normalized spacial score (nSPS) is 11.4. The van der Waals surface area contributed by atoms with Crippen LogP contribution in [0.15, 0.2) is 41.8 Å². The third-order valence-corrected chi connectivity index (χ3v) is 4.02. The van der Waals surface area contributed by atoms with Crippen LogP contribution in [0.1, 0.15) is 5.56 Å². The molecule has 0 amide bonds. The number of aromatic nitrogens is 2. The Bertz CT molecular complexity index is 673. The molecule has 0 saturated carbocycles. The number of nitrogens with zero attached hydrogens (tertiary/aromatic N) is 2. The standard InChI is InChI=1S/C11H10FN3O2S/c12-9-3-8(4-15-5-9)7-18(16,17)11-1-2-14-6-10(11)13/h1-6H,7,13H2. The maximum atomic E-state index is 12.9. The molecule has 0 spiro atoms. The Kier molecular flexibility index (Phi) is 3.24. The Morgan fingerprint density at radius 3 is 2.67 bits per heavy atom. The van der Waals surface area contributed by atoms with Crippen molar-refractivity contribution in [1.82, 2.24) is 9.97 Å². The Hall–Kier alpha value is -2.02. The zero-order chi connectivity index (χ0) is 13.2. The highest BCUT2D eigenvalue weighted by molar-refractivity contribution is 7.90. The van der Waals surface area contributed by atoms with Gasteiger partial charge in [-0.25, -0.2) is 12.8 Å². The minimum absolute atomic E-state index is 0.0123. The predicted molar refractivity (Wildman–Crippen MR) is 63.7 cm³/mol. The number of rotatable bonds is 3. The van der Waals surface area contributed by atoms with Gasteiger partial charge in [-0.1, -0.05) is 0 Å². The Morgan fingerprint density at radius 1 is 1.22 bits per heavy atom. The van der Waals surface area contributed by atoms with Gasteiger partial charge in [0.25, 0.3) is 0 Å². The van der Waals surface area contributed by atoms with Crippen LogP contribution in [0.5, 0.6) is 0 Å². The highest BCUT2D eigenvalue weighted by Crippen LogP contribution is 2.21. The van der Waals surface area contributed by atoms with Gasteiger partial charge in [0, 0.05) is 12.4 Å². The molecule has 0 fully saturated rings. The molecule has 2 aromatic heterocycles. The average molecular weight is 267 g/mol. The van der Waals surface area contributed by atoms with Gasteiger partial charge in [0.15, 0.2) is 9.84 Å². The highest BCUT2D eigenvalue weighted by atomic mass is 32.2. The van der Waals surface area contributed by atoms with Gasteiger partial charge < -0.3 is 5.73 Å². The van der Waals surface area contributed by atoms with E-state index >= 15 is 0 Å². The van der Waals surface area contributed by atoms with E-state index in [0.29, 0.717) is 0 Å². The van der Waals surface area contributed by atoms with Crippen molar-refractivity contribution in [2.75, 3.05) is 5.73 Å². The first kappa shape index (κ1) is 12.4. The van der Waals surface area contributed by atoms with Crippen LogP contribution in [0.3, 0.4) is 0 Å². The summed E-state index contributed by atoms with van der Waals surface area (Å²) in [6.07, 6.45) is 4.92. The van der Waals surface area contributed by atoms with E-state index in [1.165, 1.54) is 24.7 Å². The van der Waals surface area contributed by atoms with E-state index in [0.717, 1.165) is 12.3 Å². The highest BCUT2D eigenvalue weighted by Gasteiger charge is 2.18. The summed E-state index contributed by atoms with van der Waals surface area (Å²) < 4.78 is 37.1. The van der Waals surface area contributed by atoms with Crippen LogP contribution in [0.4, 0.5) is 10.1 Å². The maximum Gasteiger partial charge on any atom is 0.184 e. The van der Waals surface area contributed by atoms with E-state index < -0.39 is 15.7 Å². The molecule has 2 heterocycles. The van der Waals surface area contributed by atoms with Crippen molar-refractivity contribution < 1.29 is 12.8 Å². The van der Waals surface area contributed by atoms with Crippen molar-refractivity contribution in [1.29, 1.82) is 0 Å². The van der Waals surface area contributed by atoms with Crippen LogP contribution in [0.2, 0.25) is 0 Å². The first-order valence-corrected chi connectivity index (χ1v) is 6.66. The van der Waals surface area contributed by atoms with Crippen LogP contribution in [0, 0.1) is 5.82 Å². The molecule has 5 nitrogen and oxygen atoms in total. The fourth-order valence-electron chi connectivity index (χ4n) is 1.51. The molecule has 2 rings (SSSR count). The van der Waals surface area contributed by atoms with Crippen molar-refractivity contribution in [2.24, 2.45) is 0 Å². The molecule has 0 saturated heterocycles. The van der Waals surface area contributed by atoms with Crippen LogP contribution < -0.4 is 5.73 Å². The van der Waals surface area contributed by atoms with E-state index in [9.17, 15) is 12.8 Å². The van der Waals surface area contributed by atoms with Crippen LogP contribution in [-0.4, -0.2) is 18.4 Å². The lowest BCUT2D eigenvalue weighted by molar-refractivity contribution is 0.594. The number of hydrogen-bond donors (Lipinski definition) is 1. The lowest BCUT2D eigenvalue weighted by Crippen LogP contribution is -2.08. The number of pyridine rings is 2. The lowest BCUT2D eigenvalue weighted by atomic mass is 10.3. The molecule has 0 atom stereocenters. The number of anilines is 1. The largest absolute Gasteiger partial charge is 0.396 e. The fourth-order valence-corrected chi connectivity index (χ4v) is 2.94. The molecule has 0 radical (unpaired) electrons. The van der Waals surface area contributed by atoms with E-state index in [1.807, 2.05) is 0 Å². The summed E-state index contributed by atoms with van der Waals surface area (Å²) in [5.41, 5.74) is 5.90. The zero-order valence-electron chi connectivity index (χ0n) is 9.25. The lowest BCUT2D eigenvalue weighted by Gasteiger charge is -2.06. The van der Waals surface area contributed by atoms with Gasteiger partial charge in [-0.2, -0.15) is 0 Å². The molecule has 18 heavy (non-hydrogen) atoms. The van der Waals surface area contributed by atoms with E-state index in [4.69, 9.17) is 5.73 Å². The molecule has 0 unspecified atom stereocenters. The Morgan fingerprint density at radius 2 is 2.00 bits per heavy atom. The molecular weight excluding hydrogens is 257 g/mol. The van der Waals surface area contributed by atoms with E-state index in [1.54, 1.807) is 0 Å². The summed E-state index contributed by atoms with van der Waals surface area (Å²) in [5.74, 6) is -0.934. The molecule has 2 aromatic rings. The monoisotopic (exact) mass is 267 g/mol. The topological polar surface area (TPSA) is 85.9 Å². The number of nitrogens with two attached hydrogens (primary N) is 1. The molecule has 0 aliphatic heterocycles. The summed E-state index contributed by atoms with van der Waals surface area (Å²) in [6, 6.07) is 2.44. The van der Waals surface area contributed by atoms with E-state index in [-0.39, 0.29) is 21.9 Å².